The number of amides is 1. The molecule has 1 N–H and O–H groups in total. The fourth-order valence-electron chi connectivity index (χ4n) is 1.82. The first-order valence-corrected chi connectivity index (χ1v) is 5.69. The third kappa shape index (κ3) is 2.97. The number of carbonyl (C=O) groups excluding carboxylic acids is 1. The first-order chi connectivity index (χ1) is 8.19. The molecule has 1 fully saturated rings. The minimum Gasteiger partial charge on any atom is -0.496 e. The van der Waals surface area contributed by atoms with Crippen molar-refractivity contribution in [1.29, 1.82) is 0 Å². The predicted molar refractivity (Wildman–Crippen MR) is 64.2 cm³/mol. The van der Waals surface area contributed by atoms with Gasteiger partial charge >= 0.3 is 0 Å². The van der Waals surface area contributed by atoms with Gasteiger partial charge in [0.2, 0.25) is 5.91 Å². The van der Waals surface area contributed by atoms with Crippen LogP contribution in [0.1, 0.15) is 11.1 Å². The second-order valence-electron chi connectivity index (χ2n) is 4.29. The lowest BCUT2D eigenvalue weighted by atomic mass is 10.1. The largest absolute Gasteiger partial charge is 0.496 e. The van der Waals surface area contributed by atoms with Crippen molar-refractivity contribution >= 4 is 5.91 Å². The SMILES string of the molecule is COc1ccc(C)cc1CC(=O)NC1COC1. The molecular weight excluding hydrogens is 218 g/mol. The molecule has 1 aromatic carbocycles. The fraction of sp³-hybridized carbons (Fsp3) is 0.462. The summed E-state index contributed by atoms with van der Waals surface area (Å²) < 4.78 is 10.3. The van der Waals surface area contributed by atoms with E-state index in [2.05, 4.69) is 5.32 Å². The molecule has 0 saturated carbocycles. The Morgan fingerprint density at radius 1 is 1.53 bits per heavy atom. The van der Waals surface area contributed by atoms with E-state index in [1.807, 2.05) is 25.1 Å². The minimum atomic E-state index is 0.0159. The van der Waals surface area contributed by atoms with E-state index in [1.165, 1.54) is 0 Å². The van der Waals surface area contributed by atoms with Gasteiger partial charge in [-0.25, -0.2) is 0 Å². The topological polar surface area (TPSA) is 47.6 Å². The van der Waals surface area contributed by atoms with Gasteiger partial charge in [0.1, 0.15) is 5.75 Å². The number of nitrogens with one attached hydrogen (secondary N) is 1. The zero-order valence-corrected chi connectivity index (χ0v) is 10.2. The van der Waals surface area contributed by atoms with Crippen LogP contribution in [0.4, 0.5) is 0 Å². The van der Waals surface area contributed by atoms with Crippen molar-refractivity contribution in [2.75, 3.05) is 20.3 Å². The number of methoxy groups -OCH3 is 1. The Kier molecular flexibility index (Phi) is 3.64. The lowest BCUT2D eigenvalue weighted by Gasteiger charge is -2.26. The molecule has 1 aromatic rings. The van der Waals surface area contributed by atoms with Crippen LogP contribution in [0, 0.1) is 6.92 Å². The van der Waals surface area contributed by atoms with Gasteiger partial charge in [0, 0.05) is 5.56 Å². The summed E-state index contributed by atoms with van der Waals surface area (Å²) in [6.45, 7) is 3.24. The normalized spacial score (nSPS) is 15.2. The first-order valence-electron chi connectivity index (χ1n) is 5.69. The van der Waals surface area contributed by atoms with Crippen molar-refractivity contribution in [1.82, 2.24) is 5.32 Å². The number of ether oxygens (including phenoxy) is 2. The van der Waals surface area contributed by atoms with Crippen LogP contribution in [-0.2, 0) is 16.0 Å². The van der Waals surface area contributed by atoms with Crippen LogP contribution in [0.5, 0.6) is 5.75 Å². The van der Waals surface area contributed by atoms with Gasteiger partial charge < -0.3 is 14.8 Å². The molecule has 2 rings (SSSR count). The molecule has 1 heterocycles. The third-order valence-electron chi connectivity index (χ3n) is 2.79. The van der Waals surface area contributed by atoms with Crippen LogP contribution >= 0.6 is 0 Å². The van der Waals surface area contributed by atoms with E-state index in [1.54, 1.807) is 7.11 Å². The highest BCUT2D eigenvalue weighted by atomic mass is 16.5. The van der Waals surface area contributed by atoms with E-state index >= 15 is 0 Å². The summed E-state index contributed by atoms with van der Waals surface area (Å²) in [6.07, 6.45) is 0.349. The van der Waals surface area contributed by atoms with E-state index in [-0.39, 0.29) is 11.9 Å². The zero-order chi connectivity index (χ0) is 12.3. The van der Waals surface area contributed by atoms with Crippen molar-refractivity contribution in [2.45, 2.75) is 19.4 Å². The number of rotatable bonds is 4. The average Bonchev–Trinajstić information content (AvgIpc) is 2.24. The lowest BCUT2D eigenvalue weighted by molar-refractivity contribution is -0.124. The molecule has 0 atom stereocenters. The van der Waals surface area contributed by atoms with Gasteiger partial charge in [0.15, 0.2) is 0 Å². The molecule has 0 aliphatic carbocycles. The van der Waals surface area contributed by atoms with Crippen molar-refractivity contribution in [3.8, 4) is 5.75 Å². The number of benzene rings is 1. The molecule has 1 amide bonds. The molecule has 1 aliphatic rings. The number of aryl methyl sites for hydroxylation is 1. The molecule has 92 valence electrons. The average molecular weight is 235 g/mol. The van der Waals surface area contributed by atoms with Gasteiger partial charge in [-0.1, -0.05) is 17.7 Å². The van der Waals surface area contributed by atoms with Gasteiger partial charge in [-0.2, -0.15) is 0 Å². The van der Waals surface area contributed by atoms with E-state index in [9.17, 15) is 4.79 Å². The highest BCUT2D eigenvalue weighted by molar-refractivity contribution is 5.79. The van der Waals surface area contributed by atoms with Crippen LogP contribution in [0.3, 0.4) is 0 Å². The molecule has 1 aliphatic heterocycles. The van der Waals surface area contributed by atoms with Crippen LogP contribution < -0.4 is 10.1 Å². The fourth-order valence-corrected chi connectivity index (χ4v) is 1.82. The van der Waals surface area contributed by atoms with Gasteiger partial charge in [-0.15, -0.1) is 0 Å². The van der Waals surface area contributed by atoms with Gasteiger partial charge in [0.25, 0.3) is 0 Å². The smallest absolute Gasteiger partial charge is 0.224 e. The Bertz CT molecular complexity index is 413. The summed E-state index contributed by atoms with van der Waals surface area (Å²) in [5.74, 6) is 0.776. The highest BCUT2D eigenvalue weighted by Crippen LogP contribution is 2.20. The van der Waals surface area contributed by atoms with Crippen LogP contribution in [0.2, 0.25) is 0 Å². The monoisotopic (exact) mass is 235 g/mol. The number of carbonyl (C=O) groups is 1. The quantitative estimate of drug-likeness (QED) is 0.849. The zero-order valence-electron chi connectivity index (χ0n) is 10.2. The van der Waals surface area contributed by atoms with E-state index in [4.69, 9.17) is 9.47 Å². The van der Waals surface area contributed by atoms with Crippen molar-refractivity contribution < 1.29 is 14.3 Å². The van der Waals surface area contributed by atoms with Gasteiger partial charge in [-0.3, -0.25) is 4.79 Å². The van der Waals surface area contributed by atoms with Crippen molar-refractivity contribution in [2.24, 2.45) is 0 Å². The van der Waals surface area contributed by atoms with Crippen LogP contribution in [-0.4, -0.2) is 32.3 Å². The molecule has 1 saturated heterocycles. The Morgan fingerprint density at radius 2 is 2.29 bits per heavy atom. The molecule has 0 bridgehead atoms. The van der Waals surface area contributed by atoms with E-state index in [0.29, 0.717) is 19.6 Å². The molecule has 0 unspecified atom stereocenters. The molecule has 4 heteroatoms. The standard InChI is InChI=1S/C13H17NO3/c1-9-3-4-12(16-2)10(5-9)6-13(15)14-11-7-17-8-11/h3-5,11H,6-8H2,1-2H3,(H,14,15). The maximum Gasteiger partial charge on any atom is 0.224 e. The molecule has 0 radical (unpaired) electrons. The third-order valence-corrected chi connectivity index (χ3v) is 2.79. The van der Waals surface area contributed by atoms with Crippen molar-refractivity contribution in [3.05, 3.63) is 29.3 Å². The van der Waals surface area contributed by atoms with Crippen molar-refractivity contribution in [3.63, 3.8) is 0 Å². The molecule has 0 spiro atoms. The lowest BCUT2D eigenvalue weighted by Crippen LogP contribution is -2.49. The van der Waals surface area contributed by atoms with E-state index in [0.717, 1.165) is 16.9 Å². The molecule has 4 nitrogen and oxygen atoms in total. The van der Waals surface area contributed by atoms with Crippen LogP contribution in [0.15, 0.2) is 18.2 Å². The van der Waals surface area contributed by atoms with Crippen LogP contribution in [0.25, 0.3) is 0 Å². The molecule has 0 aromatic heterocycles. The summed E-state index contributed by atoms with van der Waals surface area (Å²) in [7, 11) is 1.62. The Hall–Kier alpha value is -1.55. The summed E-state index contributed by atoms with van der Waals surface area (Å²) in [6, 6.07) is 6.03. The maximum absolute atomic E-state index is 11.8. The summed E-state index contributed by atoms with van der Waals surface area (Å²) in [5, 5.41) is 2.92. The molecular formula is C13H17NO3. The molecule has 17 heavy (non-hydrogen) atoms. The maximum atomic E-state index is 11.8. The second-order valence-corrected chi connectivity index (χ2v) is 4.29. The first kappa shape index (κ1) is 11.9. The van der Waals surface area contributed by atoms with E-state index < -0.39 is 0 Å². The van der Waals surface area contributed by atoms with Gasteiger partial charge in [-0.05, 0) is 13.0 Å². The number of hydrogen-bond donors (Lipinski definition) is 1. The minimum absolute atomic E-state index is 0.0159. The van der Waals surface area contributed by atoms with Gasteiger partial charge in [0.05, 0.1) is 32.8 Å². The highest BCUT2D eigenvalue weighted by Gasteiger charge is 2.20. The summed E-state index contributed by atoms with van der Waals surface area (Å²) in [5.41, 5.74) is 2.05. The predicted octanol–water partition coefficient (Wildman–Crippen LogP) is 1.06. The second kappa shape index (κ2) is 5.19. The summed E-state index contributed by atoms with van der Waals surface area (Å²) >= 11 is 0. The number of hydrogen-bond acceptors (Lipinski definition) is 3. The Balaban J connectivity index is 2.00. The Morgan fingerprint density at radius 3 is 2.88 bits per heavy atom. The Labute approximate surface area is 101 Å². The summed E-state index contributed by atoms with van der Waals surface area (Å²) in [4.78, 5) is 11.8.